The summed E-state index contributed by atoms with van der Waals surface area (Å²) in [6.07, 6.45) is 4.37. The predicted octanol–water partition coefficient (Wildman–Crippen LogP) is 3.16. The minimum Gasteiger partial charge on any atom is -0.508 e. The van der Waals surface area contributed by atoms with Gasteiger partial charge in [0.25, 0.3) is 0 Å². The molecular formula is C23H35N3O5S. The second-order valence-corrected chi connectivity index (χ2v) is 9.53. The fourth-order valence-corrected chi connectivity index (χ4v) is 3.99. The molecule has 3 amide bonds. The molecule has 1 aromatic carbocycles. The summed E-state index contributed by atoms with van der Waals surface area (Å²) >= 11 is 4.21. The molecule has 1 aromatic rings. The zero-order valence-corrected chi connectivity index (χ0v) is 20.2. The Morgan fingerprint density at radius 3 is 2.28 bits per heavy atom. The van der Waals surface area contributed by atoms with Crippen molar-refractivity contribution in [3.05, 3.63) is 29.8 Å². The first-order valence-corrected chi connectivity index (χ1v) is 11.6. The van der Waals surface area contributed by atoms with E-state index in [1.54, 1.807) is 32.9 Å². The first-order valence-electron chi connectivity index (χ1n) is 11.0. The van der Waals surface area contributed by atoms with Crippen molar-refractivity contribution in [2.45, 2.75) is 76.6 Å². The standard InChI is InChI=1S/C23H35N3O5S/c1-23(2,3)31-22(30)25-18(14-32)21(29)26(4)19(15-10-12-17(27)13-11-15)20(28)24-16-8-6-5-7-9-16/h10-13,16,18-19,27,32H,5-9,14H2,1-4H3,(H,24,28)(H,25,30). The third-order valence-electron chi connectivity index (χ3n) is 5.32. The second kappa shape index (κ2) is 11.4. The molecule has 0 aliphatic heterocycles. The monoisotopic (exact) mass is 465 g/mol. The Morgan fingerprint density at radius 1 is 1.16 bits per heavy atom. The van der Waals surface area contributed by atoms with Crippen LogP contribution in [0.4, 0.5) is 4.79 Å². The SMILES string of the molecule is CN(C(=O)C(CS)NC(=O)OC(C)(C)C)C(C(=O)NC1CCCCC1)c1ccc(O)cc1. The van der Waals surface area contributed by atoms with Gasteiger partial charge in [0, 0.05) is 18.8 Å². The lowest BCUT2D eigenvalue weighted by Gasteiger charge is -2.33. The summed E-state index contributed by atoms with van der Waals surface area (Å²) in [5.74, 6) is -0.667. The number of hydrogen-bond acceptors (Lipinski definition) is 6. The number of nitrogens with one attached hydrogen (secondary N) is 2. The maximum atomic E-state index is 13.3. The number of aromatic hydroxyl groups is 1. The highest BCUT2D eigenvalue weighted by atomic mass is 32.1. The van der Waals surface area contributed by atoms with Gasteiger partial charge >= 0.3 is 6.09 Å². The van der Waals surface area contributed by atoms with E-state index < -0.39 is 29.7 Å². The first-order chi connectivity index (χ1) is 15.0. The zero-order chi connectivity index (χ0) is 23.9. The molecule has 1 saturated carbocycles. The molecule has 32 heavy (non-hydrogen) atoms. The molecule has 0 heterocycles. The van der Waals surface area contributed by atoms with Crippen LogP contribution in [0.25, 0.3) is 0 Å². The maximum absolute atomic E-state index is 13.3. The van der Waals surface area contributed by atoms with E-state index in [0.717, 1.165) is 32.1 Å². The molecule has 2 rings (SSSR count). The van der Waals surface area contributed by atoms with Crippen LogP contribution in [0.1, 0.15) is 64.5 Å². The van der Waals surface area contributed by atoms with E-state index in [9.17, 15) is 19.5 Å². The van der Waals surface area contributed by atoms with Gasteiger partial charge in [0.2, 0.25) is 11.8 Å². The van der Waals surface area contributed by atoms with Crippen LogP contribution >= 0.6 is 12.6 Å². The predicted molar refractivity (Wildman–Crippen MR) is 126 cm³/mol. The molecule has 3 N–H and O–H groups in total. The molecule has 0 spiro atoms. The Bertz CT molecular complexity index is 788. The number of carbonyl (C=O) groups excluding carboxylic acids is 3. The third kappa shape index (κ3) is 7.62. The lowest BCUT2D eigenvalue weighted by molar-refractivity contribution is -0.140. The summed E-state index contributed by atoms with van der Waals surface area (Å²) < 4.78 is 5.24. The molecule has 2 atom stereocenters. The second-order valence-electron chi connectivity index (χ2n) is 9.17. The number of thiol groups is 1. The molecule has 0 aromatic heterocycles. The van der Waals surface area contributed by atoms with Gasteiger partial charge in [-0.25, -0.2) is 4.79 Å². The highest BCUT2D eigenvalue weighted by Crippen LogP contribution is 2.25. The number of ether oxygens (including phenoxy) is 1. The molecule has 2 unspecified atom stereocenters. The third-order valence-corrected chi connectivity index (χ3v) is 5.68. The van der Waals surface area contributed by atoms with Gasteiger partial charge < -0.3 is 25.4 Å². The summed E-state index contributed by atoms with van der Waals surface area (Å²) in [7, 11) is 1.52. The van der Waals surface area contributed by atoms with E-state index in [4.69, 9.17) is 4.74 Å². The van der Waals surface area contributed by atoms with Crippen LogP contribution in [0.2, 0.25) is 0 Å². The Labute approximate surface area is 195 Å². The maximum Gasteiger partial charge on any atom is 0.408 e. The smallest absolute Gasteiger partial charge is 0.408 e. The number of rotatable bonds is 7. The molecule has 178 valence electrons. The van der Waals surface area contributed by atoms with Crippen molar-refractivity contribution in [1.82, 2.24) is 15.5 Å². The number of benzene rings is 1. The highest BCUT2D eigenvalue weighted by Gasteiger charge is 2.34. The average molecular weight is 466 g/mol. The largest absolute Gasteiger partial charge is 0.508 e. The van der Waals surface area contributed by atoms with Crippen LogP contribution in [0.5, 0.6) is 5.75 Å². The molecule has 1 aliphatic rings. The number of alkyl carbamates (subject to hydrolysis) is 1. The Kier molecular flexibility index (Phi) is 9.24. The van der Waals surface area contributed by atoms with Gasteiger partial charge in [-0.2, -0.15) is 12.6 Å². The Morgan fingerprint density at radius 2 is 1.75 bits per heavy atom. The van der Waals surface area contributed by atoms with E-state index in [0.29, 0.717) is 5.56 Å². The minimum absolute atomic E-state index is 0.0367. The number of hydrogen-bond donors (Lipinski definition) is 4. The number of phenolic OH excluding ortho intramolecular Hbond substituents is 1. The van der Waals surface area contributed by atoms with E-state index in [1.807, 2.05) is 0 Å². The van der Waals surface area contributed by atoms with Crippen LogP contribution in [-0.2, 0) is 14.3 Å². The quantitative estimate of drug-likeness (QED) is 0.463. The van der Waals surface area contributed by atoms with Gasteiger partial charge in [0.05, 0.1) is 0 Å². The van der Waals surface area contributed by atoms with Gasteiger partial charge in [-0.15, -0.1) is 0 Å². The van der Waals surface area contributed by atoms with Crippen molar-refractivity contribution in [2.75, 3.05) is 12.8 Å². The van der Waals surface area contributed by atoms with E-state index >= 15 is 0 Å². The minimum atomic E-state index is -0.972. The summed E-state index contributed by atoms with van der Waals surface area (Å²) in [6, 6.07) is 4.35. The topological polar surface area (TPSA) is 108 Å². The van der Waals surface area contributed by atoms with Crippen LogP contribution in [-0.4, -0.2) is 58.4 Å². The van der Waals surface area contributed by atoms with Gasteiger partial charge in [-0.1, -0.05) is 31.4 Å². The summed E-state index contributed by atoms with van der Waals surface area (Å²) in [5, 5.41) is 15.3. The molecular weight excluding hydrogens is 430 g/mol. The zero-order valence-electron chi connectivity index (χ0n) is 19.3. The van der Waals surface area contributed by atoms with Crippen LogP contribution in [0.3, 0.4) is 0 Å². The number of nitrogens with zero attached hydrogens (tertiary/aromatic N) is 1. The lowest BCUT2D eigenvalue weighted by Crippen LogP contribution is -2.53. The molecule has 1 aliphatic carbocycles. The van der Waals surface area contributed by atoms with E-state index in [1.165, 1.54) is 24.1 Å². The number of amides is 3. The van der Waals surface area contributed by atoms with Crippen molar-refractivity contribution in [2.24, 2.45) is 0 Å². The molecule has 1 fully saturated rings. The normalized spacial score (nSPS) is 16.5. The van der Waals surface area contributed by atoms with Crippen molar-refractivity contribution < 1.29 is 24.2 Å². The van der Waals surface area contributed by atoms with Gasteiger partial charge in [-0.3, -0.25) is 9.59 Å². The summed E-state index contributed by atoms with van der Waals surface area (Å²) in [5.41, 5.74) is -0.156. The summed E-state index contributed by atoms with van der Waals surface area (Å²) in [6.45, 7) is 5.19. The van der Waals surface area contributed by atoms with Crippen LogP contribution < -0.4 is 10.6 Å². The molecule has 0 bridgehead atoms. The van der Waals surface area contributed by atoms with Crippen LogP contribution in [0, 0.1) is 0 Å². The Hall–Kier alpha value is -2.42. The number of phenols is 1. The molecule has 0 radical (unpaired) electrons. The highest BCUT2D eigenvalue weighted by molar-refractivity contribution is 7.80. The van der Waals surface area contributed by atoms with Crippen molar-refractivity contribution in [1.29, 1.82) is 0 Å². The number of carbonyl (C=O) groups is 3. The molecule has 8 nitrogen and oxygen atoms in total. The summed E-state index contributed by atoms with van der Waals surface area (Å²) in [4.78, 5) is 40.0. The number of likely N-dealkylation sites (N-methyl/N-ethyl adjacent to an activating group) is 1. The van der Waals surface area contributed by atoms with E-state index in [2.05, 4.69) is 23.3 Å². The van der Waals surface area contributed by atoms with Crippen molar-refractivity contribution in [3.8, 4) is 5.75 Å². The van der Waals surface area contributed by atoms with Gasteiger partial charge in [-0.05, 0) is 51.3 Å². The fourth-order valence-electron chi connectivity index (χ4n) is 3.74. The molecule has 0 saturated heterocycles. The van der Waals surface area contributed by atoms with Crippen molar-refractivity contribution in [3.63, 3.8) is 0 Å². The van der Waals surface area contributed by atoms with Crippen molar-refractivity contribution >= 4 is 30.5 Å². The Balaban J connectivity index is 2.22. The average Bonchev–Trinajstić information content (AvgIpc) is 2.72. The lowest BCUT2D eigenvalue weighted by atomic mass is 9.94. The van der Waals surface area contributed by atoms with Gasteiger partial charge in [0.1, 0.15) is 23.4 Å². The molecule has 9 heteroatoms. The van der Waals surface area contributed by atoms with Gasteiger partial charge in [0.15, 0.2) is 0 Å². The van der Waals surface area contributed by atoms with E-state index in [-0.39, 0.29) is 23.5 Å². The van der Waals surface area contributed by atoms with Crippen LogP contribution in [0.15, 0.2) is 24.3 Å². The first kappa shape index (κ1) is 25.8. The fraction of sp³-hybridized carbons (Fsp3) is 0.609.